The van der Waals surface area contributed by atoms with Crippen LogP contribution in [0.2, 0.25) is 0 Å². The van der Waals surface area contributed by atoms with Gasteiger partial charge in [-0.25, -0.2) is 4.79 Å². The molecule has 0 unspecified atom stereocenters. The van der Waals surface area contributed by atoms with E-state index in [1.54, 1.807) is 19.1 Å². The van der Waals surface area contributed by atoms with Gasteiger partial charge in [-0.05, 0) is 25.3 Å². The van der Waals surface area contributed by atoms with E-state index in [1.807, 2.05) is 19.9 Å². The van der Waals surface area contributed by atoms with Crippen LogP contribution in [0.3, 0.4) is 0 Å². The summed E-state index contributed by atoms with van der Waals surface area (Å²) >= 11 is 2.66. The predicted octanol–water partition coefficient (Wildman–Crippen LogP) is 2.42. The maximum absolute atomic E-state index is 13.2. The van der Waals surface area contributed by atoms with Crippen molar-refractivity contribution in [2.75, 3.05) is 18.1 Å². The number of esters is 1. The number of allylic oxidation sites excluding steroid dienone is 2. The summed E-state index contributed by atoms with van der Waals surface area (Å²) in [5.74, 6) is -0.433. The lowest BCUT2D eigenvalue weighted by Crippen LogP contribution is -2.53. The number of amides is 2. The number of rotatable bonds is 5. The van der Waals surface area contributed by atoms with Crippen LogP contribution in [0.25, 0.3) is 0 Å². The van der Waals surface area contributed by atoms with E-state index in [2.05, 4.69) is 20.6 Å². The second-order valence-electron chi connectivity index (χ2n) is 9.16. The van der Waals surface area contributed by atoms with Crippen LogP contribution in [-0.4, -0.2) is 69.4 Å². The molecular weight excluding hydrogens is 488 g/mol. The number of carbonyl (C=O) groups is 4. The molecule has 0 saturated carbocycles. The summed E-state index contributed by atoms with van der Waals surface area (Å²) in [7, 11) is 0. The Balaban J connectivity index is 1.83. The number of thioether (sulfide) groups is 2. The number of cyclic esters (lactones) is 1. The molecule has 0 spiro atoms. The summed E-state index contributed by atoms with van der Waals surface area (Å²) in [6, 6.07) is -0.890. The molecule has 35 heavy (non-hydrogen) atoms. The summed E-state index contributed by atoms with van der Waals surface area (Å²) in [5.41, 5.74) is 0.491. The van der Waals surface area contributed by atoms with Crippen LogP contribution in [0.4, 0.5) is 0 Å². The quantitative estimate of drug-likeness (QED) is 0.324. The van der Waals surface area contributed by atoms with Crippen LogP contribution < -0.4 is 10.6 Å². The molecule has 2 amide bonds. The van der Waals surface area contributed by atoms with E-state index in [9.17, 15) is 19.2 Å². The minimum atomic E-state index is -1.02. The Morgan fingerprint density at radius 1 is 1.37 bits per heavy atom. The van der Waals surface area contributed by atoms with Crippen LogP contribution in [0.1, 0.15) is 47.0 Å². The van der Waals surface area contributed by atoms with Crippen molar-refractivity contribution >= 4 is 57.2 Å². The van der Waals surface area contributed by atoms with Gasteiger partial charge in [0.25, 0.3) is 0 Å². The fourth-order valence-electron chi connectivity index (χ4n) is 3.61. The highest BCUT2D eigenvalue weighted by atomic mass is 32.2. The molecular formula is C24H32N4O5S2. The third-order valence-corrected chi connectivity index (χ3v) is 7.77. The largest absolute Gasteiger partial charge is 0.456 e. The standard InChI is InChI=1S/C24H32N4O5S2/c1-14(2)20-22(31)33-17(7-5-6-10-34-15(3)29)11-19(30)25-12-16-8-9-18(26-16)21-28-24(4,13-35-21)23(32)27-20/h5,7,9,14,17,20H,6,8,10-13H2,1-4H3,(H,25,30)(H,27,32)/b7-5+/t17-,20+,24+/m1/s1. The molecule has 3 aliphatic rings. The van der Waals surface area contributed by atoms with Gasteiger partial charge in [-0.1, -0.05) is 37.8 Å². The first-order valence-corrected chi connectivity index (χ1v) is 13.6. The molecule has 11 heteroatoms. The number of hydrogen-bond donors (Lipinski definition) is 2. The van der Waals surface area contributed by atoms with Crippen molar-refractivity contribution in [3.05, 3.63) is 23.9 Å². The minimum absolute atomic E-state index is 0.0303. The molecule has 3 aliphatic heterocycles. The van der Waals surface area contributed by atoms with Gasteiger partial charge in [0.15, 0.2) is 5.12 Å². The van der Waals surface area contributed by atoms with Gasteiger partial charge in [0.05, 0.1) is 18.7 Å². The highest BCUT2D eigenvalue weighted by Crippen LogP contribution is 2.33. The van der Waals surface area contributed by atoms with Gasteiger partial charge >= 0.3 is 5.97 Å². The first kappa shape index (κ1) is 27.2. The Labute approximate surface area is 214 Å². The Morgan fingerprint density at radius 2 is 2.14 bits per heavy atom. The van der Waals surface area contributed by atoms with Crippen LogP contribution in [0.5, 0.6) is 0 Å². The van der Waals surface area contributed by atoms with E-state index in [4.69, 9.17) is 4.74 Å². The second kappa shape index (κ2) is 12.0. The topological polar surface area (TPSA) is 126 Å². The molecule has 2 N–H and O–H groups in total. The Bertz CT molecular complexity index is 1000. The summed E-state index contributed by atoms with van der Waals surface area (Å²) < 4.78 is 5.69. The fraction of sp³-hybridized carbons (Fsp3) is 0.583. The van der Waals surface area contributed by atoms with Crippen molar-refractivity contribution in [1.29, 1.82) is 0 Å². The maximum atomic E-state index is 13.2. The van der Waals surface area contributed by atoms with Crippen LogP contribution >= 0.6 is 23.5 Å². The number of ether oxygens (including phenoxy) is 1. The van der Waals surface area contributed by atoms with E-state index >= 15 is 0 Å². The van der Waals surface area contributed by atoms with Crippen molar-refractivity contribution in [1.82, 2.24) is 10.6 Å². The Kier molecular flexibility index (Phi) is 9.34. The Hall–Kier alpha value is -2.40. The van der Waals surface area contributed by atoms with Gasteiger partial charge in [0.1, 0.15) is 22.7 Å². The lowest BCUT2D eigenvalue weighted by molar-refractivity contribution is -0.153. The van der Waals surface area contributed by atoms with E-state index in [0.717, 1.165) is 5.71 Å². The lowest BCUT2D eigenvalue weighted by Gasteiger charge is -2.27. The van der Waals surface area contributed by atoms with Crippen LogP contribution in [0.15, 0.2) is 33.9 Å². The van der Waals surface area contributed by atoms with Gasteiger partial charge in [0, 0.05) is 30.6 Å². The smallest absolute Gasteiger partial charge is 0.329 e. The zero-order valence-corrected chi connectivity index (χ0v) is 22.1. The monoisotopic (exact) mass is 520 g/mol. The molecule has 190 valence electrons. The average molecular weight is 521 g/mol. The average Bonchev–Trinajstić information content (AvgIpc) is 3.42. The first-order chi connectivity index (χ1) is 16.6. The number of fused-ring (bicyclic) bond motifs is 3. The molecule has 0 radical (unpaired) electrons. The van der Waals surface area contributed by atoms with Crippen molar-refractivity contribution in [2.45, 2.75) is 64.6 Å². The van der Waals surface area contributed by atoms with Crippen LogP contribution in [0, 0.1) is 5.92 Å². The van der Waals surface area contributed by atoms with Gasteiger partial charge in [-0.15, -0.1) is 11.8 Å². The molecule has 0 aromatic heterocycles. The molecule has 0 aromatic rings. The molecule has 0 aliphatic carbocycles. The predicted molar refractivity (Wildman–Crippen MR) is 140 cm³/mol. The normalized spacial score (nSPS) is 27.8. The van der Waals surface area contributed by atoms with Gasteiger partial charge in [-0.2, -0.15) is 0 Å². The van der Waals surface area contributed by atoms with E-state index in [1.165, 1.54) is 30.4 Å². The van der Waals surface area contributed by atoms with Crippen molar-refractivity contribution < 1.29 is 23.9 Å². The molecule has 3 rings (SSSR count). The van der Waals surface area contributed by atoms with E-state index in [0.29, 0.717) is 35.1 Å². The minimum Gasteiger partial charge on any atom is -0.456 e. The number of hydrogen-bond acceptors (Lipinski definition) is 9. The maximum Gasteiger partial charge on any atom is 0.329 e. The molecule has 9 nitrogen and oxygen atoms in total. The number of nitrogens with one attached hydrogen (secondary N) is 2. The lowest BCUT2D eigenvalue weighted by atomic mass is 10.0. The second-order valence-corrected chi connectivity index (χ2v) is 11.4. The van der Waals surface area contributed by atoms with Crippen molar-refractivity contribution in [3.63, 3.8) is 0 Å². The third-order valence-electron chi connectivity index (χ3n) is 5.65. The van der Waals surface area contributed by atoms with Crippen molar-refractivity contribution in [3.8, 4) is 0 Å². The summed E-state index contributed by atoms with van der Waals surface area (Å²) in [4.78, 5) is 59.3. The number of nitrogens with zero attached hydrogens (tertiary/aromatic N) is 2. The summed E-state index contributed by atoms with van der Waals surface area (Å²) in [6.45, 7) is 7.18. The zero-order valence-electron chi connectivity index (χ0n) is 20.5. The number of carbonyl (C=O) groups excluding carboxylic acids is 4. The summed E-state index contributed by atoms with van der Waals surface area (Å²) in [6.07, 6.45) is 5.73. The third kappa shape index (κ3) is 7.54. The highest BCUT2D eigenvalue weighted by Gasteiger charge is 2.42. The molecule has 4 bridgehead atoms. The summed E-state index contributed by atoms with van der Waals surface area (Å²) in [5, 5.41) is 6.40. The van der Waals surface area contributed by atoms with Crippen molar-refractivity contribution in [2.24, 2.45) is 15.9 Å². The molecule has 0 aromatic carbocycles. The zero-order chi connectivity index (χ0) is 25.6. The number of aliphatic imine (C=N–C) groups is 2. The van der Waals surface area contributed by atoms with Gasteiger partial charge in [0.2, 0.25) is 11.8 Å². The van der Waals surface area contributed by atoms with Gasteiger partial charge in [-0.3, -0.25) is 24.4 Å². The highest BCUT2D eigenvalue weighted by molar-refractivity contribution is 8.14. The molecule has 0 fully saturated rings. The first-order valence-electron chi connectivity index (χ1n) is 11.6. The van der Waals surface area contributed by atoms with E-state index < -0.39 is 23.7 Å². The SMILES string of the molecule is CC(=O)SCC/C=C/[C@@H]1CC(=O)NCC2=NC(=CC2)C2=N[C@@](C)(CS2)C(=O)N[C@@H](C(C)C)C(=O)O1. The molecule has 3 atom stereocenters. The molecule has 3 heterocycles. The fourth-order valence-corrected chi connectivity index (χ4v) is 5.31. The van der Waals surface area contributed by atoms with Gasteiger partial charge < -0.3 is 15.4 Å². The molecule has 0 saturated heterocycles. The Morgan fingerprint density at radius 3 is 2.86 bits per heavy atom. The van der Waals surface area contributed by atoms with E-state index in [-0.39, 0.29) is 35.8 Å². The van der Waals surface area contributed by atoms with Crippen LogP contribution in [-0.2, 0) is 23.9 Å².